The van der Waals surface area contributed by atoms with Crippen molar-refractivity contribution in [3.63, 3.8) is 0 Å². The van der Waals surface area contributed by atoms with Crippen LogP contribution in [0.2, 0.25) is 5.02 Å². The van der Waals surface area contributed by atoms with Crippen LogP contribution in [0, 0.1) is 11.3 Å². The summed E-state index contributed by atoms with van der Waals surface area (Å²) in [5.74, 6) is 0.107. The monoisotopic (exact) mass is 401 g/mol. The second kappa shape index (κ2) is 7.45. The number of hydrogen-bond donors (Lipinski definition) is 1. The van der Waals surface area contributed by atoms with E-state index in [4.69, 9.17) is 16.9 Å². The van der Waals surface area contributed by atoms with Crippen molar-refractivity contribution in [2.45, 2.75) is 63.1 Å². The first kappa shape index (κ1) is 18.8. The van der Waals surface area contributed by atoms with E-state index >= 15 is 0 Å². The maximum Gasteiger partial charge on any atom is 0.324 e. The summed E-state index contributed by atoms with van der Waals surface area (Å²) < 4.78 is 1.45. The molecule has 2 aliphatic rings. The topological polar surface area (TPSA) is 121 Å². The summed E-state index contributed by atoms with van der Waals surface area (Å²) in [7, 11) is 0. The lowest BCUT2D eigenvalue weighted by molar-refractivity contribution is -0.155. The fourth-order valence-corrected chi connectivity index (χ4v) is 4.19. The van der Waals surface area contributed by atoms with Gasteiger partial charge in [0.25, 0.3) is 0 Å². The number of nitriles is 1. The summed E-state index contributed by atoms with van der Waals surface area (Å²) in [6, 6.07) is 5.39. The Balaban J connectivity index is 1.68. The van der Waals surface area contributed by atoms with Gasteiger partial charge in [0.05, 0.1) is 11.6 Å². The molecule has 0 atom stereocenters. The highest BCUT2D eigenvalue weighted by Gasteiger charge is 2.50. The summed E-state index contributed by atoms with van der Waals surface area (Å²) in [6.07, 6.45) is 6.12. The van der Waals surface area contributed by atoms with Gasteiger partial charge in [0.1, 0.15) is 11.6 Å². The number of aliphatic carboxylic acids is 1. The van der Waals surface area contributed by atoms with Gasteiger partial charge in [0.15, 0.2) is 17.3 Å². The molecular weight excluding hydrogens is 382 g/mol. The lowest BCUT2D eigenvalue weighted by Gasteiger charge is -2.43. The first-order chi connectivity index (χ1) is 13.5. The SMILES string of the molecule is N#Cc1nc(-n2nnnc2CN(C2CC2)C2(C(=O)O)CCCCC2)ccc1Cl. The Morgan fingerprint density at radius 3 is 2.75 bits per heavy atom. The average Bonchev–Trinajstić information content (AvgIpc) is 3.44. The number of halogens is 1. The summed E-state index contributed by atoms with van der Waals surface area (Å²) in [5.41, 5.74) is -0.782. The fraction of sp³-hybridized carbons (Fsp3) is 0.556. The van der Waals surface area contributed by atoms with Gasteiger partial charge in [-0.1, -0.05) is 30.9 Å². The van der Waals surface area contributed by atoms with E-state index in [0.717, 1.165) is 32.1 Å². The van der Waals surface area contributed by atoms with Crippen LogP contribution < -0.4 is 0 Å². The van der Waals surface area contributed by atoms with E-state index in [1.54, 1.807) is 12.1 Å². The third-order valence-electron chi connectivity index (χ3n) is 5.62. The molecule has 2 fully saturated rings. The van der Waals surface area contributed by atoms with Crippen LogP contribution in [0.1, 0.15) is 56.5 Å². The average molecular weight is 402 g/mol. The molecule has 0 aromatic carbocycles. The van der Waals surface area contributed by atoms with Crippen LogP contribution in [0.15, 0.2) is 12.1 Å². The van der Waals surface area contributed by atoms with Gasteiger partial charge in [-0.3, -0.25) is 9.69 Å². The Labute approximate surface area is 166 Å². The van der Waals surface area contributed by atoms with Crippen LogP contribution in [0.4, 0.5) is 0 Å². The number of pyridine rings is 1. The molecule has 2 aromatic heterocycles. The lowest BCUT2D eigenvalue weighted by atomic mass is 9.80. The van der Waals surface area contributed by atoms with Crippen molar-refractivity contribution in [1.82, 2.24) is 30.1 Å². The second-order valence-corrected chi connectivity index (χ2v) is 7.78. The number of tetrazole rings is 1. The molecule has 0 bridgehead atoms. The molecule has 28 heavy (non-hydrogen) atoms. The predicted molar refractivity (Wildman–Crippen MR) is 98.7 cm³/mol. The molecule has 0 unspecified atom stereocenters. The Morgan fingerprint density at radius 2 is 2.11 bits per heavy atom. The van der Waals surface area contributed by atoms with E-state index in [1.165, 1.54) is 4.68 Å². The van der Waals surface area contributed by atoms with E-state index in [2.05, 4.69) is 25.4 Å². The number of nitrogens with zero attached hydrogens (tertiary/aromatic N) is 7. The molecule has 2 heterocycles. The Kier molecular flexibility index (Phi) is 5.00. The van der Waals surface area contributed by atoms with E-state index < -0.39 is 11.5 Å². The molecule has 0 saturated heterocycles. The largest absolute Gasteiger partial charge is 0.480 e. The minimum atomic E-state index is -0.874. The number of carbonyl (C=O) groups is 1. The van der Waals surface area contributed by atoms with Crippen LogP contribution in [0.5, 0.6) is 0 Å². The first-order valence-corrected chi connectivity index (χ1v) is 9.77. The van der Waals surface area contributed by atoms with Gasteiger partial charge in [-0.2, -0.15) is 9.94 Å². The van der Waals surface area contributed by atoms with Crippen molar-refractivity contribution in [2.24, 2.45) is 0 Å². The van der Waals surface area contributed by atoms with Gasteiger partial charge < -0.3 is 5.11 Å². The minimum absolute atomic E-state index is 0.0916. The standard InChI is InChI=1S/C18H20ClN7O2/c19-13-6-7-15(21-14(13)10-20)26-16(22-23-24-26)11-25(12-4-5-12)18(17(27)28)8-2-1-3-9-18/h6-7,12H,1-5,8-9,11H2,(H,27,28). The van der Waals surface area contributed by atoms with Gasteiger partial charge in [-0.15, -0.1) is 5.10 Å². The number of carboxylic acids is 1. The van der Waals surface area contributed by atoms with Gasteiger partial charge in [-0.05, 0) is 48.2 Å². The van der Waals surface area contributed by atoms with Gasteiger partial charge in [0, 0.05) is 6.04 Å². The zero-order chi connectivity index (χ0) is 19.7. The lowest BCUT2D eigenvalue weighted by Crippen LogP contribution is -2.56. The number of hydrogen-bond acceptors (Lipinski definition) is 7. The molecule has 0 radical (unpaired) electrons. The molecule has 10 heteroatoms. The molecule has 1 N–H and O–H groups in total. The molecular formula is C18H20ClN7O2. The Bertz CT molecular complexity index is 928. The van der Waals surface area contributed by atoms with Crippen LogP contribution >= 0.6 is 11.6 Å². The van der Waals surface area contributed by atoms with Gasteiger partial charge >= 0.3 is 5.97 Å². The highest BCUT2D eigenvalue weighted by atomic mass is 35.5. The molecule has 0 spiro atoms. The van der Waals surface area contributed by atoms with Gasteiger partial charge in [-0.25, -0.2) is 4.98 Å². The van der Waals surface area contributed by atoms with Gasteiger partial charge in [0.2, 0.25) is 0 Å². The third kappa shape index (κ3) is 3.34. The normalized spacial score (nSPS) is 18.8. The predicted octanol–water partition coefficient (Wildman–Crippen LogP) is 2.33. The summed E-state index contributed by atoms with van der Waals surface area (Å²) >= 11 is 5.97. The summed E-state index contributed by atoms with van der Waals surface area (Å²) in [6.45, 7) is 0.316. The Hall–Kier alpha value is -2.57. The zero-order valence-electron chi connectivity index (χ0n) is 15.3. The van der Waals surface area contributed by atoms with Crippen LogP contribution in [0.25, 0.3) is 5.82 Å². The summed E-state index contributed by atoms with van der Waals surface area (Å²) in [5, 5.41) is 31.4. The van der Waals surface area contributed by atoms with Crippen LogP contribution in [-0.2, 0) is 11.3 Å². The molecule has 4 rings (SSSR count). The van der Waals surface area contributed by atoms with Crippen molar-refractivity contribution in [1.29, 1.82) is 5.26 Å². The quantitative estimate of drug-likeness (QED) is 0.782. The van der Waals surface area contributed by atoms with Crippen LogP contribution in [-0.4, -0.2) is 52.7 Å². The highest BCUT2D eigenvalue weighted by molar-refractivity contribution is 6.31. The molecule has 0 aliphatic heterocycles. The maximum absolute atomic E-state index is 12.3. The van der Waals surface area contributed by atoms with Crippen molar-refractivity contribution < 1.29 is 9.90 Å². The molecule has 146 valence electrons. The molecule has 9 nitrogen and oxygen atoms in total. The highest BCUT2D eigenvalue weighted by Crippen LogP contribution is 2.42. The smallest absolute Gasteiger partial charge is 0.324 e. The number of aromatic nitrogens is 5. The molecule has 2 aliphatic carbocycles. The van der Waals surface area contributed by atoms with Crippen molar-refractivity contribution in [2.75, 3.05) is 0 Å². The summed E-state index contributed by atoms with van der Waals surface area (Å²) in [4.78, 5) is 18.6. The van der Waals surface area contributed by atoms with Crippen molar-refractivity contribution in [3.05, 3.63) is 28.7 Å². The van der Waals surface area contributed by atoms with Crippen molar-refractivity contribution in [3.8, 4) is 11.9 Å². The van der Waals surface area contributed by atoms with E-state index in [0.29, 0.717) is 31.0 Å². The van der Waals surface area contributed by atoms with Crippen molar-refractivity contribution >= 4 is 17.6 Å². The maximum atomic E-state index is 12.3. The molecule has 2 saturated carbocycles. The first-order valence-electron chi connectivity index (χ1n) is 9.39. The zero-order valence-corrected chi connectivity index (χ0v) is 16.0. The molecule has 2 aromatic rings. The fourth-order valence-electron chi connectivity index (χ4n) is 4.04. The van der Waals surface area contributed by atoms with E-state index in [1.807, 2.05) is 6.07 Å². The van der Waals surface area contributed by atoms with E-state index in [9.17, 15) is 9.90 Å². The minimum Gasteiger partial charge on any atom is -0.480 e. The van der Waals surface area contributed by atoms with E-state index in [-0.39, 0.29) is 16.8 Å². The van der Waals surface area contributed by atoms with Crippen LogP contribution in [0.3, 0.4) is 0 Å². The molecule has 0 amide bonds. The number of rotatable bonds is 6. The third-order valence-corrected chi connectivity index (χ3v) is 5.92. The Morgan fingerprint density at radius 1 is 1.36 bits per heavy atom. The number of carboxylic acid groups (broad SMARTS) is 1. The second-order valence-electron chi connectivity index (χ2n) is 7.38.